The fraction of sp³-hybridized carbons (Fsp3) is 0.538. The van der Waals surface area contributed by atoms with Crippen molar-refractivity contribution in [1.82, 2.24) is 10.3 Å². The van der Waals surface area contributed by atoms with E-state index in [1.54, 1.807) is 12.4 Å². The summed E-state index contributed by atoms with van der Waals surface area (Å²) in [5.74, 6) is -0.0351. The molecule has 1 amide bonds. The third-order valence-electron chi connectivity index (χ3n) is 2.97. The van der Waals surface area contributed by atoms with Crippen molar-refractivity contribution in [2.24, 2.45) is 5.41 Å². The van der Waals surface area contributed by atoms with Crippen LogP contribution in [0.3, 0.4) is 0 Å². The van der Waals surface area contributed by atoms with Gasteiger partial charge in [-0.05, 0) is 30.4 Å². The average molecular weight is 220 g/mol. The molecule has 16 heavy (non-hydrogen) atoms. The number of amides is 1. The predicted molar refractivity (Wildman–Crippen MR) is 65.4 cm³/mol. The Bertz CT molecular complexity index is 372. The molecule has 0 saturated carbocycles. The van der Waals surface area contributed by atoms with E-state index in [9.17, 15) is 4.79 Å². The largest absolute Gasteiger partial charge is 0.351 e. The summed E-state index contributed by atoms with van der Waals surface area (Å²) >= 11 is 0. The van der Waals surface area contributed by atoms with E-state index in [-0.39, 0.29) is 11.3 Å². The SMILES string of the molecule is CCC(C)(C)CNC(=O)c1cnccc1C. The zero-order valence-corrected chi connectivity index (χ0v) is 10.5. The molecule has 88 valence electrons. The van der Waals surface area contributed by atoms with Gasteiger partial charge in [0.1, 0.15) is 0 Å². The van der Waals surface area contributed by atoms with Gasteiger partial charge in [-0.2, -0.15) is 0 Å². The van der Waals surface area contributed by atoms with Crippen LogP contribution in [0.5, 0.6) is 0 Å². The molecule has 0 saturated heterocycles. The standard InChI is InChI=1S/C13H20N2O/c1-5-13(3,4)9-15-12(16)11-8-14-7-6-10(11)2/h6-8H,5,9H2,1-4H3,(H,15,16). The summed E-state index contributed by atoms with van der Waals surface area (Å²) in [5, 5.41) is 2.95. The van der Waals surface area contributed by atoms with Crippen molar-refractivity contribution in [3.63, 3.8) is 0 Å². The van der Waals surface area contributed by atoms with Gasteiger partial charge in [0, 0.05) is 18.9 Å². The van der Waals surface area contributed by atoms with Crippen molar-refractivity contribution in [2.45, 2.75) is 34.1 Å². The maximum absolute atomic E-state index is 11.9. The number of nitrogens with one attached hydrogen (secondary N) is 1. The third-order valence-corrected chi connectivity index (χ3v) is 2.97. The molecule has 3 nitrogen and oxygen atoms in total. The molecule has 0 radical (unpaired) electrons. The van der Waals surface area contributed by atoms with Gasteiger partial charge in [0.25, 0.3) is 5.91 Å². The number of aromatic nitrogens is 1. The lowest BCUT2D eigenvalue weighted by atomic mass is 9.90. The Morgan fingerprint density at radius 2 is 2.19 bits per heavy atom. The fourth-order valence-corrected chi connectivity index (χ4v) is 1.24. The van der Waals surface area contributed by atoms with E-state index < -0.39 is 0 Å². The number of carbonyl (C=O) groups is 1. The van der Waals surface area contributed by atoms with Crippen molar-refractivity contribution < 1.29 is 4.79 Å². The number of hydrogen-bond acceptors (Lipinski definition) is 2. The number of nitrogens with zero attached hydrogens (tertiary/aromatic N) is 1. The molecule has 0 aliphatic rings. The second-order valence-corrected chi connectivity index (χ2v) is 4.89. The summed E-state index contributed by atoms with van der Waals surface area (Å²) in [6.45, 7) is 9.02. The van der Waals surface area contributed by atoms with Crippen LogP contribution < -0.4 is 5.32 Å². The molecule has 1 aromatic heterocycles. The molecule has 1 aromatic rings. The van der Waals surface area contributed by atoms with Crippen LogP contribution in [-0.2, 0) is 0 Å². The van der Waals surface area contributed by atoms with Gasteiger partial charge >= 0.3 is 0 Å². The van der Waals surface area contributed by atoms with Gasteiger partial charge < -0.3 is 5.32 Å². The normalized spacial score (nSPS) is 11.2. The monoisotopic (exact) mass is 220 g/mol. The Labute approximate surface area is 97.3 Å². The molecule has 1 N–H and O–H groups in total. The first-order chi connectivity index (χ1) is 7.46. The Kier molecular flexibility index (Phi) is 4.05. The summed E-state index contributed by atoms with van der Waals surface area (Å²) in [6.07, 6.45) is 4.35. The summed E-state index contributed by atoms with van der Waals surface area (Å²) in [6, 6.07) is 1.85. The summed E-state index contributed by atoms with van der Waals surface area (Å²) < 4.78 is 0. The van der Waals surface area contributed by atoms with Crippen LogP contribution in [0.2, 0.25) is 0 Å². The van der Waals surface area contributed by atoms with Crippen molar-refractivity contribution in [3.8, 4) is 0 Å². The molecular formula is C13H20N2O. The minimum Gasteiger partial charge on any atom is -0.351 e. The lowest BCUT2D eigenvalue weighted by Gasteiger charge is -2.22. The Morgan fingerprint density at radius 3 is 2.75 bits per heavy atom. The number of pyridine rings is 1. The van der Waals surface area contributed by atoms with E-state index in [0.29, 0.717) is 12.1 Å². The zero-order valence-electron chi connectivity index (χ0n) is 10.5. The van der Waals surface area contributed by atoms with Crippen molar-refractivity contribution >= 4 is 5.91 Å². The number of aryl methyl sites for hydroxylation is 1. The molecule has 0 aliphatic carbocycles. The van der Waals surface area contributed by atoms with E-state index in [4.69, 9.17) is 0 Å². The van der Waals surface area contributed by atoms with Crippen molar-refractivity contribution in [1.29, 1.82) is 0 Å². The lowest BCUT2D eigenvalue weighted by Crippen LogP contribution is -2.34. The molecule has 0 fully saturated rings. The van der Waals surface area contributed by atoms with Crippen LogP contribution in [0, 0.1) is 12.3 Å². The highest BCUT2D eigenvalue weighted by molar-refractivity contribution is 5.95. The number of hydrogen-bond donors (Lipinski definition) is 1. The fourth-order valence-electron chi connectivity index (χ4n) is 1.24. The maximum Gasteiger partial charge on any atom is 0.253 e. The smallest absolute Gasteiger partial charge is 0.253 e. The van der Waals surface area contributed by atoms with E-state index in [1.807, 2.05) is 13.0 Å². The first-order valence-corrected chi connectivity index (χ1v) is 5.65. The number of rotatable bonds is 4. The first-order valence-electron chi connectivity index (χ1n) is 5.65. The molecule has 3 heteroatoms. The van der Waals surface area contributed by atoms with Crippen LogP contribution in [0.15, 0.2) is 18.5 Å². The third kappa shape index (κ3) is 3.33. The topological polar surface area (TPSA) is 42.0 Å². The predicted octanol–water partition coefficient (Wildman–Crippen LogP) is 2.56. The van der Waals surface area contributed by atoms with Crippen molar-refractivity contribution in [3.05, 3.63) is 29.6 Å². The van der Waals surface area contributed by atoms with E-state index >= 15 is 0 Å². The van der Waals surface area contributed by atoms with Crippen LogP contribution in [0.4, 0.5) is 0 Å². The van der Waals surface area contributed by atoms with Gasteiger partial charge in [-0.3, -0.25) is 9.78 Å². The van der Waals surface area contributed by atoms with Crippen molar-refractivity contribution in [2.75, 3.05) is 6.54 Å². The zero-order chi connectivity index (χ0) is 12.2. The summed E-state index contributed by atoms with van der Waals surface area (Å²) in [5.41, 5.74) is 1.77. The van der Waals surface area contributed by atoms with E-state index in [0.717, 1.165) is 12.0 Å². The molecule has 0 aliphatic heterocycles. The van der Waals surface area contributed by atoms with Crippen LogP contribution >= 0.6 is 0 Å². The second kappa shape index (κ2) is 5.10. The highest BCUT2D eigenvalue weighted by Gasteiger charge is 2.17. The van der Waals surface area contributed by atoms with Gasteiger partial charge in [-0.15, -0.1) is 0 Å². The molecule has 0 spiro atoms. The number of carbonyl (C=O) groups excluding carboxylic acids is 1. The van der Waals surface area contributed by atoms with Crippen LogP contribution in [0.1, 0.15) is 43.1 Å². The molecule has 0 unspecified atom stereocenters. The molecule has 0 atom stereocenters. The molecular weight excluding hydrogens is 200 g/mol. The Balaban J connectivity index is 2.64. The van der Waals surface area contributed by atoms with Crippen LogP contribution in [0.25, 0.3) is 0 Å². The average Bonchev–Trinajstić information content (AvgIpc) is 2.27. The highest BCUT2D eigenvalue weighted by Crippen LogP contribution is 2.18. The minimum atomic E-state index is -0.0351. The first kappa shape index (κ1) is 12.7. The molecule has 1 rings (SSSR count). The van der Waals surface area contributed by atoms with Gasteiger partial charge in [0.15, 0.2) is 0 Å². The van der Waals surface area contributed by atoms with Gasteiger partial charge in [0.2, 0.25) is 0 Å². The van der Waals surface area contributed by atoms with Gasteiger partial charge in [-0.1, -0.05) is 20.8 Å². The summed E-state index contributed by atoms with van der Waals surface area (Å²) in [4.78, 5) is 15.8. The lowest BCUT2D eigenvalue weighted by molar-refractivity contribution is 0.0934. The summed E-state index contributed by atoms with van der Waals surface area (Å²) in [7, 11) is 0. The van der Waals surface area contributed by atoms with E-state index in [2.05, 4.69) is 31.1 Å². The maximum atomic E-state index is 11.9. The highest BCUT2D eigenvalue weighted by atomic mass is 16.1. The van der Waals surface area contributed by atoms with E-state index in [1.165, 1.54) is 0 Å². The minimum absolute atomic E-state index is 0.0351. The Hall–Kier alpha value is -1.38. The quantitative estimate of drug-likeness (QED) is 0.847. The molecule has 0 aromatic carbocycles. The molecule has 1 heterocycles. The molecule has 0 bridgehead atoms. The Morgan fingerprint density at radius 1 is 1.50 bits per heavy atom. The van der Waals surface area contributed by atoms with Gasteiger partial charge in [-0.25, -0.2) is 0 Å². The van der Waals surface area contributed by atoms with Crippen LogP contribution in [-0.4, -0.2) is 17.4 Å². The second-order valence-electron chi connectivity index (χ2n) is 4.89. The van der Waals surface area contributed by atoms with Gasteiger partial charge in [0.05, 0.1) is 5.56 Å².